The zero-order chi connectivity index (χ0) is 14.0. The van der Waals surface area contributed by atoms with E-state index in [4.69, 9.17) is 4.74 Å². The average molecular weight is 278 g/mol. The number of benzene rings is 1. The smallest absolute Gasteiger partial charge is 0.222 e. The summed E-state index contributed by atoms with van der Waals surface area (Å²) >= 11 is 0. The van der Waals surface area contributed by atoms with E-state index in [-0.39, 0.29) is 4.90 Å². The minimum atomic E-state index is -3.19. The lowest BCUT2D eigenvalue weighted by Gasteiger charge is -2.06. The van der Waals surface area contributed by atoms with Gasteiger partial charge in [0.25, 0.3) is 0 Å². The Morgan fingerprint density at radius 2 is 1.68 bits per heavy atom. The number of nitrogens with zero attached hydrogens (tertiary/aromatic N) is 2. The number of hydrogen-bond acceptors (Lipinski definition) is 5. The van der Waals surface area contributed by atoms with Crippen LogP contribution in [0.1, 0.15) is 11.5 Å². The van der Waals surface area contributed by atoms with Crippen LogP contribution < -0.4 is 4.74 Å². The second-order valence-electron chi connectivity index (χ2n) is 4.24. The molecule has 100 valence electrons. The lowest BCUT2D eigenvalue weighted by atomic mass is 10.3. The van der Waals surface area contributed by atoms with E-state index in [1.807, 2.05) is 6.92 Å². The number of rotatable bonds is 3. The highest BCUT2D eigenvalue weighted by atomic mass is 32.2. The van der Waals surface area contributed by atoms with E-state index in [2.05, 4.69) is 9.97 Å². The first-order valence-electron chi connectivity index (χ1n) is 5.65. The molecule has 1 aromatic heterocycles. The van der Waals surface area contributed by atoms with Crippen LogP contribution in [0.15, 0.2) is 35.2 Å². The molecule has 0 spiro atoms. The van der Waals surface area contributed by atoms with E-state index >= 15 is 0 Å². The lowest BCUT2D eigenvalue weighted by molar-refractivity contribution is 0.458. The van der Waals surface area contributed by atoms with Gasteiger partial charge >= 0.3 is 0 Å². The molecule has 0 bridgehead atoms. The molecule has 0 aliphatic carbocycles. The molecule has 0 fully saturated rings. The third-order valence-corrected chi connectivity index (χ3v) is 3.55. The van der Waals surface area contributed by atoms with Gasteiger partial charge in [-0.25, -0.2) is 13.4 Å². The van der Waals surface area contributed by atoms with E-state index in [0.29, 0.717) is 17.5 Å². The molecule has 2 rings (SSSR count). The van der Waals surface area contributed by atoms with Gasteiger partial charge in [-0.3, -0.25) is 0 Å². The number of aromatic nitrogens is 2. The summed E-state index contributed by atoms with van der Waals surface area (Å²) in [7, 11) is -3.19. The van der Waals surface area contributed by atoms with Crippen LogP contribution in [0.25, 0.3) is 0 Å². The van der Waals surface area contributed by atoms with Gasteiger partial charge in [0, 0.05) is 18.0 Å². The maximum absolute atomic E-state index is 11.3. The molecule has 0 saturated heterocycles. The molecule has 2 aromatic rings. The molecule has 6 heteroatoms. The Kier molecular flexibility index (Phi) is 3.53. The van der Waals surface area contributed by atoms with E-state index in [1.54, 1.807) is 25.1 Å². The summed E-state index contributed by atoms with van der Waals surface area (Å²) in [5, 5.41) is 0. The summed E-state index contributed by atoms with van der Waals surface area (Å²) < 4.78 is 28.2. The van der Waals surface area contributed by atoms with Crippen LogP contribution in [0.3, 0.4) is 0 Å². The van der Waals surface area contributed by atoms with Gasteiger partial charge in [-0.2, -0.15) is 4.98 Å². The standard InChI is InChI=1S/C13H14N2O3S/c1-9-8-13(15-10(2)14-9)18-11-4-6-12(7-5-11)19(3,16)17/h4-8H,1-3H3. The molecule has 0 amide bonds. The second kappa shape index (κ2) is 4.97. The fraction of sp³-hybridized carbons (Fsp3) is 0.231. The summed E-state index contributed by atoms with van der Waals surface area (Å²) in [6.07, 6.45) is 1.17. The third-order valence-electron chi connectivity index (χ3n) is 2.42. The van der Waals surface area contributed by atoms with Crippen LogP contribution in [0.2, 0.25) is 0 Å². The highest BCUT2D eigenvalue weighted by Crippen LogP contribution is 2.21. The maximum atomic E-state index is 11.3. The first-order chi connectivity index (χ1) is 8.84. The van der Waals surface area contributed by atoms with E-state index < -0.39 is 9.84 Å². The van der Waals surface area contributed by atoms with Crippen molar-refractivity contribution >= 4 is 9.84 Å². The molecular weight excluding hydrogens is 264 g/mol. The van der Waals surface area contributed by atoms with Crippen molar-refractivity contribution in [3.05, 3.63) is 41.9 Å². The van der Waals surface area contributed by atoms with Gasteiger partial charge in [-0.1, -0.05) is 0 Å². The van der Waals surface area contributed by atoms with Gasteiger partial charge in [0.2, 0.25) is 5.88 Å². The Bertz CT molecular complexity index is 674. The van der Waals surface area contributed by atoms with Crippen molar-refractivity contribution in [1.82, 2.24) is 9.97 Å². The molecule has 1 aromatic carbocycles. The van der Waals surface area contributed by atoms with Crippen molar-refractivity contribution in [2.75, 3.05) is 6.26 Å². The molecule has 0 N–H and O–H groups in total. The third kappa shape index (κ3) is 3.51. The quantitative estimate of drug-likeness (QED) is 0.861. The van der Waals surface area contributed by atoms with Gasteiger partial charge in [0.15, 0.2) is 9.84 Å². The molecule has 0 saturated carbocycles. The van der Waals surface area contributed by atoms with Gasteiger partial charge in [0.05, 0.1) is 4.90 Å². The maximum Gasteiger partial charge on any atom is 0.222 e. The van der Waals surface area contributed by atoms with Crippen LogP contribution in [-0.2, 0) is 9.84 Å². The van der Waals surface area contributed by atoms with Crippen LogP contribution in [0, 0.1) is 13.8 Å². The van der Waals surface area contributed by atoms with Crippen molar-refractivity contribution in [1.29, 1.82) is 0 Å². The molecular formula is C13H14N2O3S. The largest absolute Gasteiger partial charge is 0.439 e. The highest BCUT2D eigenvalue weighted by Gasteiger charge is 2.07. The first-order valence-corrected chi connectivity index (χ1v) is 7.54. The predicted octanol–water partition coefficient (Wildman–Crippen LogP) is 2.29. The number of ether oxygens (including phenoxy) is 1. The summed E-state index contributed by atoms with van der Waals surface area (Å²) in [5.41, 5.74) is 0.815. The Morgan fingerprint density at radius 1 is 1.05 bits per heavy atom. The van der Waals surface area contributed by atoms with E-state index in [9.17, 15) is 8.42 Å². The Labute approximate surface area is 112 Å². The molecule has 5 nitrogen and oxygen atoms in total. The fourth-order valence-electron chi connectivity index (χ4n) is 1.61. The van der Waals surface area contributed by atoms with E-state index in [1.165, 1.54) is 18.4 Å². The molecule has 0 atom stereocenters. The summed E-state index contributed by atoms with van der Waals surface area (Å²) in [6.45, 7) is 3.64. The summed E-state index contributed by atoms with van der Waals surface area (Å²) in [4.78, 5) is 8.56. The number of sulfone groups is 1. The van der Waals surface area contributed by atoms with Crippen molar-refractivity contribution in [2.24, 2.45) is 0 Å². The average Bonchev–Trinajstić information content (AvgIpc) is 2.26. The summed E-state index contributed by atoms with van der Waals surface area (Å²) in [6, 6.07) is 7.93. The van der Waals surface area contributed by atoms with Gasteiger partial charge in [0.1, 0.15) is 11.6 Å². The number of hydrogen-bond donors (Lipinski definition) is 0. The Hall–Kier alpha value is -1.95. The van der Waals surface area contributed by atoms with Crippen molar-refractivity contribution in [3.8, 4) is 11.6 Å². The fourth-order valence-corrected chi connectivity index (χ4v) is 2.24. The van der Waals surface area contributed by atoms with Crippen molar-refractivity contribution in [2.45, 2.75) is 18.7 Å². The van der Waals surface area contributed by atoms with Gasteiger partial charge in [-0.15, -0.1) is 0 Å². The molecule has 0 unspecified atom stereocenters. The second-order valence-corrected chi connectivity index (χ2v) is 6.26. The molecule has 0 aliphatic rings. The first kappa shape index (κ1) is 13.5. The minimum Gasteiger partial charge on any atom is -0.439 e. The molecule has 0 aliphatic heterocycles. The summed E-state index contributed by atoms with van der Waals surface area (Å²) in [5.74, 6) is 1.60. The van der Waals surface area contributed by atoms with Crippen LogP contribution >= 0.6 is 0 Å². The zero-order valence-electron chi connectivity index (χ0n) is 10.9. The zero-order valence-corrected chi connectivity index (χ0v) is 11.7. The van der Waals surface area contributed by atoms with Crippen LogP contribution in [0.4, 0.5) is 0 Å². The van der Waals surface area contributed by atoms with Gasteiger partial charge < -0.3 is 4.74 Å². The SMILES string of the molecule is Cc1cc(Oc2ccc(S(C)(=O)=O)cc2)nc(C)n1. The molecule has 0 radical (unpaired) electrons. The normalized spacial score (nSPS) is 11.3. The minimum absolute atomic E-state index is 0.259. The van der Waals surface area contributed by atoms with Crippen molar-refractivity contribution < 1.29 is 13.2 Å². The Morgan fingerprint density at radius 3 is 2.21 bits per heavy atom. The van der Waals surface area contributed by atoms with Crippen LogP contribution in [-0.4, -0.2) is 24.6 Å². The molecule has 19 heavy (non-hydrogen) atoms. The van der Waals surface area contributed by atoms with E-state index in [0.717, 1.165) is 5.69 Å². The molecule has 1 heterocycles. The van der Waals surface area contributed by atoms with Gasteiger partial charge in [-0.05, 0) is 38.1 Å². The topological polar surface area (TPSA) is 69.2 Å². The Balaban J connectivity index is 2.24. The van der Waals surface area contributed by atoms with Crippen LogP contribution in [0.5, 0.6) is 11.6 Å². The highest BCUT2D eigenvalue weighted by molar-refractivity contribution is 7.90. The predicted molar refractivity (Wildman–Crippen MR) is 71.1 cm³/mol. The van der Waals surface area contributed by atoms with Crippen molar-refractivity contribution in [3.63, 3.8) is 0 Å². The lowest BCUT2D eigenvalue weighted by Crippen LogP contribution is -1.97. The number of aryl methyl sites for hydroxylation is 2. The monoisotopic (exact) mass is 278 g/mol.